The van der Waals surface area contributed by atoms with E-state index in [0.717, 1.165) is 18.2 Å². The van der Waals surface area contributed by atoms with Crippen LogP contribution < -0.4 is 34.9 Å². The molecule has 0 bridgehead atoms. The van der Waals surface area contributed by atoms with Gasteiger partial charge in [0.1, 0.15) is 20.8 Å². The second-order valence-corrected chi connectivity index (χ2v) is 13.1. The molecule has 13 nitrogen and oxygen atoms in total. The molecule has 4 N–H and O–H groups in total. The van der Waals surface area contributed by atoms with Crippen LogP contribution in [0.25, 0.3) is 21.5 Å². The van der Waals surface area contributed by atoms with Gasteiger partial charge in [0, 0.05) is 22.1 Å². The van der Waals surface area contributed by atoms with E-state index in [1.54, 1.807) is 30.3 Å². The maximum Gasteiger partial charge on any atom is 1.00 e. The second-order valence-electron chi connectivity index (χ2n) is 8.89. The minimum Gasteiger partial charge on any atom is -0.744 e. The van der Waals surface area contributed by atoms with Gasteiger partial charge in [0.2, 0.25) is 0 Å². The molecule has 0 unspecified atom stereocenters. The molecule has 17 heteroatoms. The zero-order valence-electron chi connectivity index (χ0n) is 21.9. The topological polar surface area (TPSA) is 223 Å². The van der Waals surface area contributed by atoms with Crippen LogP contribution in [0.1, 0.15) is 0 Å². The van der Waals surface area contributed by atoms with E-state index in [0.29, 0.717) is 17.4 Å². The molecule has 5 aromatic rings. The summed E-state index contributed by atoms with van der Waals surface area (Å²) in [6.07, 6.45) is 0. The molecule has 0 radical (unpaired) electrons. The smallest absolute Gasteiger partial charge is 0.744 e. The summed E-state index contributed by atoms with van der Waals surface area (Å²) in [6.45, 7) is 0. The molecule has 5 aromatic carbocycles. The third-order valence-electron chi connectivity index (χ3n) is 6.12. The average molecular weight is 652 g/mol. The molecule has 0 aliphatic carbocycles. The van der Waals surface area contributed by atoms with Crippen LogP contribution in [0.4, 0.5) is 22.7 Å². The van der Waals surface area contributed by atoms with Gasteiger partial charge in [-0.15, -0.1) is 10.2 Å². The number of para-hydroxylation sites is 1. The number of hydrogen-bond donors (Lipinski definition) is 4. The molecule has 0 aliphatic rings. The summed E-state index contributed by atoms with van der Waals surface area (Å²) in [5.74, 6) is -0.737. The first-order chi connectivity index (χ1) is 19.6. The van der Waals surface area contributed by atoms with Gasteiger partial charge in [-0.05, 0) is 60.0 Å². The Hall–Kier alpha value is -3.45. The van der Waals surface area contributed by atoms with Crippen molar-refractivity contribution in [1.29, 1.82) is 0 Å². The van der Waals surface area contributed by atoms with E-state index in [1.165, 1.54) is 30.3 Å². The van der Waals surface area contributed by atoms with Gasteiger partial charge in [0.05, 0.1) is 26.6 Å². The van der Waals surface area contributed by atoms with Gasteiger partial charge in [-0.25, -0.2) is 8.42 Å². The monoisotopic (exact) mass is 651 g/mol. The summed E-state index contributed by atoms with van der Waals surface area (Å²) in [5.41, 5.74) is 0.628. The third-order valence-corrected chi connectivity index (χ3v) is 8.66. The molecule has 216 valence electrons. The van der Waals surface area contributed by atoms with Gasteiger partial charge < -0.3 is 15.0 Å². The quantitative estimate of drug-likeness (QED) is 0.113. The van der Waals surface area contributed by atoms with Gasteiger partial charge in [-0.1, -0.05) is 30.3 Å². The second kappa shape index (κ2) is 11.9. The molecule has 0 fully saturated rings. The fourth-order valence-electron chi connectivity index (χ4n) is 4.34. The average Bonchev–Trinajstić information content (AvgIpc) is 2.90. The van der Waals surface area contributed by atoms with Crippen LogP contribution in [-0.4, -0.2) is 44.0 Å². The molecule has 0 aromatic heterocycles. The van der Waals surface area contributed by atoms with Crippen molar-refractivity contribution in [3.63, 3.8) is 0 Å². The molecule has 0 aliphatic heterocycles. The maximum absolute atomic E-state index is 12.3. The first-order valence-corrected chi connectivity index (χ1v) is 15.9. The van der Waals surface area contributed by atoms with Crippen LogP contribution in [0.5, 0.6) is 5.75 Å². The first-order valence-electron chi connectivity index (χ1n) is 11.6. The fraction of sp³-hybridized carbons (Fsp3) is 0. The Morgan fingerprint density at radius 3 is 1.95 bits per heavy atom. The molecule has 0 saturated heterocycles. The van der Waals surface area contributed by atoms with Crippen molar-refractivity contribution in [2.75, 3.05) is 5.32 Å². The van der Waals surface area contributed by atoms with E-state index in [-0.39, 0.29) is 62.5 Å². The van der Waals surface area contributed by atoms with Crippen molar-refractivity contribution in [2.45, 2.75) is 14.7 Å². The summed E-state index contributed by atoms with van der Waals surface area (Å²) in [4.78, 5) is -2.02. The molecule has 0 spiro atoms. The van der Waals surface area contributed by atoms with Crippen molar-refractivity contribution < 1.29 is 73.6 Å². The van der Waals surface area contributed by atoms with Gasteiger partial charge in [-0.3, -0.25) is 9.11 Å². The zero-order valence-corrected chi connectivity index (χ0v) is 26.4. The number of phenolic OH excluding ortho intramolecular Hbond substituents is 1. The molecule has 0 atom stereocenters. The Labute approximate surface area is 267 Å². The van der Waals surface area contributed by atoms with Gasteiger partial charge in [0.15, 0.2) is 0 Å². The summed E-state index contributed by atoms with van der Waals surface area (Å²) in [6, 6.07) is 18.9. The number of azo groups is 1. The van der Waals surface area contributed by atoms with Gasteiger partial charge in [-0.2, -0.15) is 16.8 Å². The number of nitrogens with one attached hydrogen (secondary N) is 1. The van der Waals surface area contributed by atoms with Gasteiger partial charge >= 0.3 is 29.6 Å². The summed E-state index contributed by atoms with van der Waals surface area (Å²) < 4.78 is 102. The van der Waals surface area contributed by atoms with Crippen LogP contribution in [0.3, 0.4) is 0 Å². The molecular formula is C26H18N3NaO10S3. The predicted molar refractivity (Wildman–Crippen MR) is 151 cm³/mol. The van der Waals surface area contributed by atoms with Crippen molar-refractivity contribution in [3.05, 3.63) is 84.9 Å². The van der Waals surface area contributed by atoms with Crippen LogP contribution in [0, 0.1) is 0 Å². The number of fused-ring (bicyclic) bond motifs is 2. The Morgan fingerprint density at radius 1 is 0.674 bits per heavy atom. The third kappa shape index (κ3) is 6.87. The summed E-state index contributed by atoms with van der Waals surface area (Å²) >= 11 is 0. The number of nitrogens with zero attached hydrogens (tertiary/aromatic N) is 2. The fourth-order valence-corrected chi connectivity index (χ4v) is 6.13. The number of phenols is 1. The molecule has 0 saturated carbocycles. The largest absolute Gasteiger partial charge is 1.00 e. The SMILES string of the molecule is O=S(=O)([O-])c1cc(O)c2c(N=Nc3ccc(Nc4ccccc4)c4c(S(=O)(=O)O)cccc34)cc(S(=O)(=O)O)cc2c1.[Na+]. The number of hydrogen-bond acceptors (Lipinski definition) is 11. The number of rotatable bonds is 7. The van der Waals surface area contributed by atoms with Gasteiger partial charge in [0.25, 0.3) is 20.2 Å². The van der Waals surface area contributed by atoms with Crippen molar-refractivity contribution in [1.82, 2.24) is 0 Å². The van der Waals surface area contributed by atoms with Crippen LogP contribution in [-0.2, 0) is 30.4 Å². The van der Waals surface area contributed by atoms with E-state index < -0.39 is 50.8 Å². The molecular weight excluding hydrogens is 633 g/mol. The number of aromatic hydroxyl groups is 1. The Kier molecular flexibility index (Phi) is 8.99. The molecule has 0 heterocycles. The molecule has 0 amide bonds. The van der Waals surface area contributed by atoms with Crippen molar-refractivity contribution >= 4 is 74.6 Å². The standard InChI is InChI=1S/C26H19N3O10S3.Na/c30-23-14-18(41(34,35)36)12-15-11-17(40(31,32)33)13-22(25(15)23)29-28-20-9-10-21(27-16-5-2-1-3-6-16)26-19(20)7-4-8-24(26)42(37,38)39;/h1-14,27,30H,(H,31,32,33)(H,34,35,36)(H,37,38,39);/q;+1/p-1. The van der Waals surface area contributed by atoms with E-state index in [9.17, 15) is 44.0 Å². The van der Waals surface area contributed by atoms with Crippen LogP contribution in [0.2, 0.25) is 0 Å². The Balaban J connectivity index is 0.00000423. The van der Waals surface area contributed by atoms with E-state index in [4.69, 9.17) is 0 Å². The first kappa shape index (κ1) is 32.5. The number of benzene rings is 5. The number of anilines is 2. The zero-order chi connectivity index (χ0) is 30.4. The Morgan fingerprint density at radius 2 is 1.33 bits per heavy atom. The minimum absolute atomic E-state index is 0. The summed E-state index contributed by atoms with van der Waals surface area (Å²) in [5, 5.41) is 21.6. The predicted octanol–water partition coefficient (Wildman–Crippen LogP) is 2.26. The Bertz CT molecular complexity index is 2260. The van der Waals surface area contributed by atoms with E-state index in [2.05, 4.69) is 15.5 Å². The van der Waals surface area contributed by atoms with Crippen LogP contribution >= 0.6 is 0 Å². The van der Waals surface area contributed by atoms with Crippen molar-refractivity contribution in [2.24, 2.45) is 10.2 Å². The normalized spacial score (nSPS) is 12.4. The molecule has 43 heavy (non-hydrogen) atoms. The molecule has 5 rings (SSSR count). The summed E-state index contributed by atoms with van der Waals surface area (Å²) in [7, 11) is -14.6. The minimum atomic E-state index is -5.05. The maximum atomic E-state index is 12.3. The van der Waals surface area contributed by atoms with E-state index in [1.807, 2.05) is 0 Å². The van der Waals surface area contributed by atoms with E-state index >= 15 is 0 Å². The van der Waals surface area contributed by atoms with Crippen molar-refractivity contribution in [3.8, 4) is 5.75 Å². The van der Waals surface area contributed by atoms with Crippen LogP contribution in [0.15, 0.2) is 110 Å².